The normalized spacial score (nSPS) is 10.5. The number of hydrogen-bond donors (Lipinski definition) is 1. The molecular formula is C17H15N3S. The van der Waals surface area contributed by atoms with Gasteiger partial charge in [-0.15, -0.1) is 0 Å². The molecule has 0 atom stereocenters. The van der Waals surface area contributed by atoms with Gasteiger partial charge in [-0.25, -0.2) is 4.98 Å². The van der Waals surface area contributed by atoms with Crippen LogP contribution in [0.4, 0.5) is 11.5 Å². The minimum Gasteiger partial charge on any atom is -0.389 e. The summed E-state index contributed by atoms with van der Waals surface area (Å²) in [5.74, 6) is 0.886. The highest BCUT2D eigenvalue weighted by Gasteiger charge is 2.13. The Morgan fingerprint density at radius 3 is 2.57 bits per heavy atom. The van der Waals surface area contributed by atoms with Gasteiger partial charge in [-0.05, 0) is 23.6 Å². The highest BCUT2D eigenvalue weighted by Crippen LogP contribution is 2.30. The third kappa shape index (κ3) is 2.45. The van der Waals surface area contributed by atoms with Crippen molar-refractivity contribution in [3.8, 4) is 0 Å². The Kier molecular flexibility index (Phi) is 3.54. The first-order valence-electron chi connectivity index (χ1n) is 6.65. The molecule has 0 aliphatic heterocycles. The molecule has 104 valence electrons. The number of fused-ring (bicyclic) bond motifs is 1. The zero-order chi connectivity index (χ0) is 14.8. The number of thiocarbonyl (C=S) groups is 1. The summed E-state index contributed by atoms with van der Waals surface area (Å²) >= 11 is 5.15. The maximum absolute atomic E-state index is 5.83. The van der Waals surface area contributed by atoms with E-state index >= 15 is 0 Å². The molecule has 3 aromatic rings. The number of nitrogens with zero attached hydrogens (tertiary/aromatic N) is 2. The van der Waals surface area contributed by atoms with E-state index in [9.17, 15) is 0 Å². The maximum Gasteiger partial charge on any atom is 0.140 e. The van der Waals surface area contributed by atoms with Crippen LogP contribution in [0, 0.1) is 0 Å². The number of benzene rings is 2. The molecule has 2 aromatic carbocycles. The molecule has 0 spiro atoms. The van der Waals surface area contributed by atoms with Gasteiger partial charge in [0.2, 0.25) is 0 Å². The standard InChI is InChI=1S/C17H15N3S/c1-20(15-9-5-4-8-14(15)16(18)21)17-13-7-3-2-6-12(13)10-11-19-17/h2-11H,1H3,(H2,18,21). The Bertz CT molecular complexity index is 808. The van der Waals surface area contributed by atoms with Crippen LogP contribution in [0.15, 0.2) is 60.8 Å². The molecule has 0 aliphatic carbocycles. The summed E-state index contributed by atoms with van der Waals surface area (Å²) in [6.07, 6.45) is 1.82. The van der Waals surface area contributed by atoms with Crippen molar-refractivity contribution in [1.82, 2.24) is 4.98 Å². The fourth-order valence-corrected chi connectivity index (χ4v) is 2.63. The summed E-state index contributed by atoms with van der Waals surface area (Å²) in [5, 5.41) is 2.25. The van der Waals surface area contributed by atoms with Crippen LogP contribution in [0.25, 0.3) is 10.8 Å². The van der Waals surface area contributed by atoms with Gasteiger partial charge in [-0.2, -0.15) is 0 Å². The van der Waals surface area contributed by atoms with E-state index in [0.717, 1.165) is 27.8 Å². The molecule has 21 heavy (non-hydrogen) atoms. The Morgan fingerprint density at radius 2 is 1.76 bits per heavy atom. The molecule has 0 unspecified atom stereocenters. The third-order valence-corrected chi connectivity index (χ3v) is 3.72. The zero-order valence-corrected chi connectivity index (χ0v) is 12.5. The van der Waals surface area contributed by atoms with Crippen LogP contribution >= 0.6 is 12.2 Å². The fraction of sp³-hybridized carbons (Fsp3) is 0.0588. The van der Waals surface area contributed by atoms with Gasteiger partial charge < -0.3 is 10.6 Å². The predicted molar refractivity (Wildman–Crippen MR) is 92.1 cm³/mol. The molecule has 3 rings (SSSR count). The summed E-state index contributed by atoms with van der Waals surface area (Å²) in [5.41, 5.74) is 7.63. The Labute approximate surface area is 129 Å². The first kappa shape index (κ1) is 13.5. The van der Waals surface area contributed by atoms with Crippen LogP contribution in [0.5, 0.6) is 0 Å². The van der Waals surface area contributed by atoms with Crippen LogP contribution in [-0.2, 0) is 0 Å². The van der Waals surface area contributed by atoms with Crippen molar-refractivity contribution in [1.29, 1.82) is 0 Å². The van der Waals surface area contributed by atoms with Crippen LogP contribution in [0.1, 0.15) is 5.56 Å². The second-order valence-electron chi connectivity index (χ2n) is 4.80. The summed E-state index contributed by atoms with van der Waals surface area (Å²) in [6, 6.07) is 18.0. The second kappa shape index (κ2) is 5.50. The van der Waals surface area contributed by atoms with Crippen molar-refractivity contribution < 1.29 is 0 Å². The molecule has 0 saturated heterocycles. The molecule has 0 fully saturated rings. The smallest absolute Gasteiger partial charge is 0.140 e. The Hall–Kier alpha value is -2.46. The van der Waals surface area contributed by atoms with E-state index in [0.29, 0.717) is 4.99 Å². The van der Waals surface area contributed by atoms with Crippen LogP contribution < -0.4 is 10.6 Å². The van der Waals surface area contributed by atoms with Crippen molar-refractivity contribution in [3.63, 3.8) is 0 Å². The number of para-hydroxylation sites is 1. The lowest BCUT2D eigenvalue weighted by molar-refractivity contribution is 1.14. The molecule has 2 N–H and O–H groups in total. The minimum absolute atomic E-state index is 0.387. The lowest BCUT2D eigenvalue weighted by Crippen LogP contribution is -2.18. The molecule has 1 heterocycles. The van der Waals surface area contributed by atoms with Gasteiger partial charge >= 0.3 is 0 Å². The molecular weight excluding hydrogens is 278 g/mol. The van der Waals surface area contributed by atoms with E-state index in [1.165, 1.54) is 0 Å². The summed E-state index contributed by atoms with van der Waals surface area (Å²) in [7, 11) is 1.98. The van der Waals surface area contributed by atoms with Crippen LogP contribution in [0.3, 0.4) is 0 Å². The Morgan fingerprint density at radius 1 is 1.05 bits per heavy atom. The quantitative estimate of drug-likeness (QED) is 0.749. The Balaban J connectivity index is 2.18. The number of rotatable bonds is 3. The fourth-order valence-electron chi connectivity index (χ4n) is 2.46. The number of anilines is 2. The van der Waals surface area contributed by atoms with Crippen molar-refractivity contribution in [2.24, 2.45) is 5.73 Å². The van der Waals surface area contributed by atoms with E-state index in [1.54, 1.807) is 0 Å². The summed E-state index contributed by atoms with van der Waals surface area (Å²) < 4.78 is 0. The van der Waals surface area contributed by atoms with Gasteiger partial charge in [-0.1, -0.05) is 48.6 Å². The van der Waals surface area contributed by atoms with E-state index in [1.807, 2.05) is 60.6 Å². The van der Waals surface area contributed by atoms with E-state index in [4.69, 9.17) is 18.0 Å². The molecule has 0 radical (unpaired) electrons. The summed E-state index contributed by atoms with van der Waals surface area (Å²) in [4.78, 5) is 6.94. The monoisotopic (exact) mass is 293 g/mol. The third-order valence-electron chi connectivity index (χ3n) is 3.50. The van der Waals surface area contributed by atoms with Gasteiger partial charge in [0.15, 0.2) is 0 Å². The highest BCUT2D eigenvalue weighted by molar-refractivity contribution is 7.80. The van der Waals surface area contributed by atoms with Gasteiger partial charge in [0.1, 0.15) is 10.8 Å². The molecule has 0 amide bonds. The van der Waals surface area contributed by atoms with Gasteiger partial charge in [0, 0.05) is 24.2 Å². The average Bonchev–Trinajstić information content (AvgIpc) is 2.53. The number of hydrogen-bond acceptors (Lipinski definition) is 3. The first-order valence-corrected chi connectivity index (χ1v) is 7.05. The molecule has 4 heteroatoms. The van der Waals surface area contributed by atoms with Crippen LogP contribution in [-0.4, -0.2) is 17.0 Å². The van der Waals surface area contributed by atoms with E-state index in [-0.39, 0.29) is 0 Å². The summed E-state index contributed by atoms with van der Waals surface area (Å²) in [6.45, 7) is 0. The lowest BCUT2D eigenvalue weighted by atomic mass is 10.1. The average molecular weight is 293 g/mol. The van der Waals surface area contributed by atoms with Crippen molar-refractivity contribution >= 4 is 39.5 Å². The molecule has 0 saturated carbocycles. The first-order chi connectivity index (χ1) is 10.2. The van der Waals surface area contributed by atoms with Crippen molar-refractivity contribution in [2.45, 2.75) is 0 Å². The molecule has 0 bridgehead atoms. The maximum atomic E-state index is 5.83. The predicted octanol–water partition coefficient (Wildman–Crippen LogP) is 3.64. The number of pyridine rings is 1. The van der Waals surface area contributed by atoms with E-state index in [2.05, 4.69) is 17.1 Å². The van der Waals surface area contributed by atoms with E-state index < -0.39 is 0 Å². The van der Waals surface area contributed by atoms with Gasteiger partial charge in [-0.3, -0.25) is 0 Å². The molecule has 0 aliphatic rings. The largest absolute Gasteiger partial charge is 0.389 e. The highest BCUT2D eigenvalue weighted by atomic mass is 32.1. The number of aromatic nitrogens is 1. The topological polar surface area (TPSA) is 42.1 Å². The SMILES string of the molecule is CN(c1ccccc1C(N)=S)c1nccc2ccccc12. The van der Waals surface area contributed by atoms with Crippen molar-refractivity contribution in [3.05, 3.63) is 66.4 Å². The van der Waals surface area contributed by atoms with Crippen molar-refractivity contribution in [2.75, 3.05) is 11.9 Å². The minimum atomic E-state index is 0.387. The van der Waals surface area contributed by atoms with Crippen LogP contribution in [0.2, 0.25) is 0 Å². The molecule has 3 nitrogen and oxygen atoms in total. The zero-order valence-electron chi connectivity index (χ0n) is 11.7. The van der Waals surface area contributed by atoms with Gasteiger partial charge in [0.05, 0.1) is 5.69 Å². The molecule has 1 aromatic heterocycles. The lowest BCUT2D eigenvalue weighted by Gasteiger charge is -2.22. The second-order valence-corrected chi connectivity index (χ2v) is 5.24. The number of nitrogens with two attached hydrogens (primary N) is 1. The van der Waals surface area contributed by atoms with Gasteiger partial charge in [0.25, 0.3) is 0 Å².